The first-order valence-electron chi connectivity index (χ1n) is 11.6. The van der Waals surface area contributed by atoms with Gasteiger partial charge in [0.05, 0.1) is 5.39 Å². The van der Waals surface area contributed by atoms with Gasteiger partial charge in [0.25, 0.3) is 5.91 Å². The molecule has 5 heterocycles. The number of hydrogen-bond donors (Lipinski definition) is 2. The number of hydrogen-bond acceptors (Lipinski definition) is 6. The molecule has 0 unspecified atom stereocenters. The molecule has 0 bridgehead atoms. The van der Waals surface area contributed by atoms with E-state index in [0.717, 1.165) is 60.7 Å². The normalized spacial score (nSPS) is 18.3. The van der Waals surface area contributed by atoms with Crippen LogP contribution >= 0.6 is 11.3 Å². The Morgan fingerprint density at radius 1 is 1.18 bits per heavy atom. The number of aromatic amines is 1. The number of anilines is 1. The maximum Gasteiger partial charge on any atom is 0.265 e. The highest BCUT2D eigenvalue weighted by molar-refractivity contribution is 7.18. The van der Waals surface area contributed by atoms with E-state index in [4.69, 9.17) is 5.73 Å². The van der Waals surface area contributed by atoms with Crippen molar-refractivity contribution in [2.45, 2.75) is 32.7 Å². The highest BCUT2D eigenvalue weighted by Crippen LogP contribution is 2.43. The van der Waals surface area contributed by atoms with Crippen molar-refractivity contribution in [3.63, 3.8) is 0 Å². The molecular formula is C25H28N6OS. The fourth-order valence-electron chi connectivity index (χ4n) is 5.51. The molecule has 0 saturated carbocycles. The first-order valence-corrected chi connectivity index (χ1v) is 12.5. The van der Waals surface area contributed by atoms with E-state index in [9.17, 15) is 4.79 Å². The molecule has 8 heteroatoms. The molecule has 6 rings (SSSR count). The largest absolute Gasteiger partial charge is 0.364 e. The molecule has 1 spiro atoms. The van der Waals surface area contributed by atoms with Crippen molar-refractivity contribution in [2.75, 3.05) is 31.1 Å². The van der Waals surface area contributed by atoms with Gasteiger partial charge >= 0.3 is 0 Å². The number of carbonyl (C=O) groups excluding carboxylic acids is 1. The zero-order chi connectivity index (χ0) is 22.6. The van der Waals surface area contributed by atoms with Crippen molar-refractivity contribution in [3.8, 4) is 0 Å². The van der Waals surface area contributed by atoms with Crippen LogP contribution in [0.25, 0.3) is 21.1 Å². The molecule has 4 aromatic rings. The number of amides is 1. The van der Waals surface area contributed by atoms with E-state index in [2.05, 4.69) is 55.9 Å². The number of nitrogens with one attached hydrogen (secondary N) is 1. The van der Waals surface area contributed by atoms with Crippen LogP contribution in [0.3, 0.4) is 0 Å². The molecule has 2 aliphatic rings. The number of piperidine rings is 1. The Morgan fingerprint density at radius 3 is 2.76 bits per heavy atom. The molecular weight excluding hydrogens is 432 g/mol. The van der Waals surface area contributed by atoms with Crippen molar-refractivity contribution in [1.29, 1.82) is 0 Å². The van der Waals surface area contributed by atoms with Gasteiger partial charge in [-0.1, -0.05) is 19.1 Å². The molecule has 3 N–H and O–H groups in total. The fraction of sp³-hybridized carbons (Fsp3) is 0.400. The number of thiophene rings is 1. The van der Waals surface area contributed by atoms with E-state index in [-0.39, 0.29) is 0 Å². The van der Waals surface area contributed by atoms with Gasteiger partial charge in [0, 0.05) is 48.5 Å². The Hall–Kier alpha value is -2.97. The van der Waals surface area contributed by atoms with Gasteiger partial charge in [-0.2, -0.15) is 0 Å². The van der Waals surface area contributed by atoms with E-state index < -0.39 is 5.91 Å². The Balaban J connectivity index is 1.09. The summed E-state index contributed by atoms with van der Waals surface area (Å²) in [6.45, 7) is 7.54. The van der Waals surface area contributed by atoms with Crippen LogP contribution in [0.5, 0.6) is 0 Å². The van der Waals surface area contributed by atoms with Crippen LogP contribution in [-0.2, 0) is 13.0 Å². The lowest BCUT2D eigenvalue weighted by molar-refractivity contribution is -0.0240. The molecule has 2 aliphatic heterocycles. The molecule has 3 aromatic heterocycles. The Morgan fingerprint density at radius 2 is 2.00 bits per heavy atom. The number of benzene rings is 1. The van der Waals surface area contributed by atoms with Crippen LogP contribution in [0, 0.1) is 5.41 Å². The van der Waals surface area contributed by atoms with Gasteiger partial charge in [-0.25, -0.2) is 9.97 Å². The minimum absolute atomic E-state index is 0.420. The van der Waals surface area contributed by atoms with Gasteiger partial charge in [0.1, 0.15) is 22.7 Å². The average Bonchev–Trinajstić information content (AvgIpc) is 3.42. The highest BCUT2D eigenvalue weighted by Gasteiger charge is 2.44. The van der Waals surface area contributed by atoms with Crippen LogP contribution in [0.4, 0.5) is 5.82 Å². The maximum absolute atomic E-state index is 11.4. The van der Waals surface area contributed by atoms with Crippen LogP contribution in [0.15, 0.2) is 36.7 Å². The van der Waals surface area contributed by atoms with Crippen molar-refractivity contribution < 1.29 is 4.79 Å². The summed E-state index contributed by atoms with van der Waals surface area (Å²) in [6.07, 6.45) is 5.17. The van der Waals surface area contributed by atoms with Crippen molar-refractivity contribution in [3.05, 3.63) is 52.8 Å². The van der Waals surface area contributed by atoms with Gasteiger partial charge in [-0.3, -0.25) is 9.69 Å². The van der Waals surface area contributed by atoms with E-state index in [1.165, 1.54) is 28.7 Å². The van der Waals surface area contributed by atoms with Crippen LogP contribution in [0.1, 0.15) is 40.7 Å². The Kier molecular flexibility index (Phi) is 4.88. The number of fused-ring (bicyclic) bond motifs is 2. The fourth-order valence-corrected chi connectivity index (χ4v) is 6.44. The zero-order valence-electron chi connectivity index (χ0n) is 18.8. The number of carbonyl (C=O) groups is 1. The first kappa shape index (κ1) is 20.6. The third kappa shape index (κ3) is 3.67. The predicted octanol–water partition coefficient (Wildman–Crippen LogP) is 3.94. The van der Waals surface area contributed by atoms with Crippen molar-refractivity contribution in [1.82, 2.24) is 19.9 Å². The summed E-state index contributed by atoms with van der Waals surface area (Å²) in [5.41, 5.74) is 8.53. The average molecular weight is 461 g/mol. The number of nitrogens with two attached hydrogens (primary N) is 1. The standard InChI is InChI=1S/C25H28N6OS/c1-2-18-11-19-23(27-15-28-24(19)33-18)31-7-5-25(6-8-31)13-30(14-25)12-16-3-4-17-10-21(22(26)32)29-20(17)9-16/h3-4,9-11,15,29H,2,5-8,12-14H2,1H3,(H2,26,32). The number of aryl methyl sites for hydroxylation is 1. The van der Waals surface area contributed by atoms with Crippen LogP contribution < -0.4 is 10.6 Å². The summed E-state index contributed by atoms with van der Waals surface area (Å²) < 4.78 is 0. The molecule has 170 valence electrons. The van der Waals surface area contributed by atoms with E-state index in [1.54, 1.807) is 17.7 Å². The summed E-state index contributed by atoms with van der Waals surface area (Å²) in [5.74, 6) is 0.688. The van der Waals surface area contributed by atoms with Gasteiger partial charge in [-0.15, -0.1) is 11.3 Å². The lowest BCUT2D eigenvalue weighted by Crippen LogP contribution is -2.59. The summed E-state index contributed by atoms with van der Waals surface area (Å²) >= 11 is 1.79. The van der Waals surface area contributed by atoms with Gasteiger partial charge in [-0.05, 0) is 48.4 Å². The Bertz CT molecular complexity index is 1340. The SMILES string of the molecule is CCc1cc2c(N3CCC4(CC3)CN(Cc3ccc5cc(C(N)=O)[nH]c5c3)C4)ncnc2s1. The van der Waals surface area contributed by atoms with E-state index in [1.807, 2.05) is 6.07 Å². The molecule has 0 atom stereocenters. The second kappa shape index (κ2) is 7.81. The summed E-state index contributed by atoms with van der Waals surface area (Å²) in [5, 5.41) is 2.24. The molecule has 1 amide bonds. The minimum Gasteiger partial charge on any atom is -0.364 e. The van der Waals surface area contributed by atoms with E-state index in [0.29, 0.717) is 11.1 Å². The summed E-state index contributed by atoms with van der Waals surface area (Å²) in [4.78, 5) is 31.2. The summed E-state index contributed by atoms with van der Waals surface area (Å²) in [6, 6.07) is 10.5. The molecule has 0 aliphatic carbocycles. The maximum atomic E-state index is 11.4. The predicted molar refractivity (Wildman–Crippen MR) is 133 cm³/mol. The first-order chi connectivity index (χ1) is 16.0. The van der Waals surface area contributed by atoms with Gasteiger partial charge < -0.3 is 15.6 Å². The lowest BCUT2D eigenvalue weighted by Gasteiger charge is -2.54. The lowest BCUT2D eigenvalue weighted by atomic mass is 9.72. The van der Waals surface area contributed by atoms with Crippen LogP contribution in [-0.4, -0.2) is 51.9 Å². The number of nitrogens with zero attached hydrogens (tertiary/aromatic N) is 4. The number of likely N-dealkylation sites (tertiary alicyclic amines) is 1. The smallest absolute Gasteiger partial charge is 0.265 e. The quantitative estimate of drug-likeness (QED) is 0.471. The molecule has 2 fully saturated rings. The highest BCUT2D eigenvalue weighted by atomic mass is 32.1. The number of primary amides is 1. The number of rotatable bonds is 5. The third-order valence-corrected chi connectivity index (χ3v) is 8.50. The van der Waals surface area contributed by atoms with Crippen molar-refractivity contribution >= 4 is 44.2 Å². The Labute approximate surface area is 196 Å². The monoisotopic (exact) mass is 460 g/mol. The molecule has 33 heavy (non-hydrogen) atoms. The second-order valence-corrected chi connectivity index (χ2v) is 10.7. The number of H-pyrrole nitrogens is 1. The van der Waals surface area contributed by atoms with Gasteiger partial charge in [0.15, 0.2) is 0 Å². The topological polar surface area (TPSA) is 91.1 Å². The van der Waals surface area contributed by atoms with Crippen LogP contribution in [0.2, 0.25) is 0 Å². The van der Waals surface area contributed by atoms with Gasteiger partial charge in [0.2, 0.25) is 0 Å². The summed E-state index contributed by atoms with van der Waals surface area (Å²) in [7, 11) is 0. The second-order valence-electron chi connectivity index (χ2n) is 9.58. The molecule has 0 radical (unpaired) electrons. The van der Waals surface area contributed by atoms with Crippen molar-refractivity contribution in [2.24, 2.45) is 11.1 Å². The molecule has 1 aromatic carbocycles. The third-order valence-electron chi connectivity index (χ3n) is 7.31. The zero-order valence-corrected chi connectivity index (χ0v) is 19.6. The van der Waals surface area contributed by atoms with E-state index >= 15 is 0 Å². The number of aromatic nitrogens is 3. The molecule has 7 nitrogen and oxygen atoms in total. The molecule has 2 saturated heterocycles. The minimum atomic E-state index is -0.420.